The van der Waals surface area contributed by atoms with Crippen LogP contribution in [0.1, 0.15) is 6.92 Å². The number of nitrogens with one attached hydrogen (secondary N) is 1. The fraction of sp³-hybridized carbons (Fsp3) is 0.625. The maximum atomic E-state index is 10.9. The summed E-state index contributed by atoms with van der Waals surface area (Å²) >= 11 is 0. The number of esters is 1. The van der Waals surface area contributed by atoms with Gasteiger partial charge in [-0.05, 0) is 6.92 Å². The van der Waals surface area contributed by atoms with Gasteiger partial charge in [0.2, 0.25) is 0 Å². The van der Waals surface area contributed by atoms with Gasteiger partial charge in [-0.1, -0.05) is 6.58 Å². The second-order valence-corrected chi connectivity index (χ2v) is 2.43. The average molecular weight is 173 g/mol. The van der Waals surface area contributed by atoms with Gasteiger partial charge in [0.1, 0.15) is 6.04 Å². The van der Waals surface area contributed by atoms with Crippen LogP contribution in [0.3, 0.4) is 0 Å². The van der Waals surface area contributed by atoms with Crippen molar-refractivity contribution in [3.8, 4) is 0 Å². The Bertz CT molecular complexity index is 168. The molecule has 1 unspecified atom stereocenters. The van der Waals surface area contributed by atoms with E-state index in [-0.39, 0.29) is 12.0 Å². The van der Waals surface area contributed by atoms with Gasteiger partial charge in [-0.25, -0.2) is 4.79 Å². The van der Waals surface area contributed by atoms with E-state index in [1.165, 1.54) is 7.11 Å². The molecule has 0 aromatic heterocycles. The Morgan fingerprint density at radius 2 is 2.17 bits per heavy atom. The van der Waals surface area contributed by atoms with Gasteiger partial charge in [0.25, 0.3) is 0 Å². The predicted octanol–water partition coefficient (Wildman–Crippen LogP) is 0.298. The summed E-state index contributed by atoms with van der Waals surface area (Å²) < 4.78 is 9.31. The highest BCUT2D eigenvalue weighted by atomic mass is 16.5. The van der Waals surface area contributed by atoms with E-state index >= 15 is 0 Å². The fourth-order valence-corrected chi connectivity index (χ4v) is 0.758. The molecule has 12 heavy (non-hydrogen) atoms. The average Bonchev–Trinajstić information content (AvgIpc) is 2.03. The van der Waals surface area contributed by atoms with Crippen molar-refractivity contribution in [2.24, 2.45) is 0 Å². The predicted molar refractivity (Wildman–Crippen MR) is 45.6 cm³/mol. The molecule has 0 aliphatic heterocycles. The molecule has 4 heteroatoms. The third-order valence-electron chi connectivity index (χ3n) is 1.29. The van der Waals surface area contributed by atoms with E-state index in [1.54, 1.807) is 14.0 Å². The van der Waals surface area contributed by atoms with E-state index in [1.807, 2.05) is 0 Å². The normalized spacial score (nSPS) is 11.9. The highest BCUT2D eigenvalue weighted by Gasteiger charge is 2.12. The van der Waals surface area contributed by atoms with Gasteiger partial charge in [-0.3, -0.25) is 0 Å². The Labute approximate surface area is 72.5 Å². The summed E-state index contributed by atoms with van der Waals surface area (Å²) in [5, 5.41) is 2.84. The quantitative estimate of drug-likeness (QED) is 0.607. The van der Waals surface area contributed by atoms with Crippen molar-refractivity contribution in [3.05, 3.63) is 12.3 Å². The van der Waals surface area contributed by atoms with Crippen molar-refractivity contribution in [2.45, 2.75) is 13.0 Å². The molecule has 1 N–H and O–H groups in total. The monoisotopic (exact) mass is 173 g/mol. The first-order valence-electron chi connectivity index (χ1n) is 3.63. The van der Waals surface area contributed by atoms with Crippen LogP contribution in [0.5, 0.6) is 0 Å². The van der Waals surface area contributed by atoms with Gasteiger partial charge >= 0.3 is 5.97 Å². The van der Waals surface area contributed by atoms with Crippen LogP contribution in [-0.2, 0) is 14.3 Å². The first-order chi connectivity index (χ1) is 5.61. The smallest absolute Gasteiger partial charge is 0.327 e. The second-order valence-electron chi connectivity index (χ2n) is 2.43. The van der Waals surface area contributed by atoms with E-state index in [0.29, 0.717) is 12.3 Å². The molecule has 0 fully saturated rings. The third kappa shape index (κ3) is 3.98. The fourth-order valence-electron chi connectivity index (χ4n) is 0.758. The van der Waals surface area contributed by atoms with Crippen molar-refractivity contribution in [2.75, 3.05) is 20.8 Å². The molecular weight excluding hydrogens is 158 g/mol. The van der Waals surface area contributed by atoms with Gasteiger partial charge in [-0.2, -0.15) is 0 Å². The lowest BCUT2D eigenvalue weighted by Gasteiger charge is -2.13. The molecule has 0 aliphatic carbocycles. The third-order valence-corrected chi connectivity index (χ3v) is 1.29. The zero-order chi connectivity index (χ0) is 9.56. The molecule has 0 aromatic carbocycles. The summed E-state index contributed by atoms with van der Waals surface area (Å²) in [6.07, 6.45) is 0. The lowest BCUT2D eigenvalue weighted by molar-refractivity contribution is -0.142. The number of hydrogen-bond donors (Lipinski definition) is 1. The summed E-state index contributed by atoms with van der Waals surface area (Å²) in [6.45, 7) is 5.75. The van der Waals surface area contributed by atoms with Crippen LogP contribution in [0, 0.1) is 0 Å². The standard InChI is InChI=1S/C8H15NO3/c1-6(5-11-3)9-7(2)8(10)12-4/h7,9H,1,5H2,2-4H3. The van der Waals surface area contributed by atoms with Crippen LogP contribution in [0.4, 0.5) is 0 Å². The highest BCUT2D eigenvalue weighted by Crippen LogP contribution is 1.91. The minimum Gasteiger partial charge on any atom is -0.467 e. The summed E-state index contributed by atoms with van der Waals surface area (Å²) in [5.41, 5.74) is 0.662. The molecule has 0 aliphatic rings. The summed E-state index contributed by atoms with van der Waals surface area (Å²) in [7, 11) is 2.91. The lowest BCUT2D eigenvalue weighted by Crippen LogP contribution is -2.34. The first kappa shape index (κ1) is 11.0. The molecule has 0 aromatic rings. The Hall–Kier alpha value is -1.03. The Morgan fingerprint density at radius 3 is 2.58 bits per heavy atom. The summed E-state index contributed by atoms with van der Waals surface area (Å²) in [5.74, 6) is -0.313. The summed E-state index contributed by atoms with van der Waals surface area (Å²) in [6, 6.07) is -0.377. The van der Waals surface area contributed by atoms with E-state index in [2.05, 4.69) is 16.6 Å². The van der Waals surface area contributed by atoms with Gasteiger partial charge in [0.15, 0.2) is 0 Å². The van der Waals surface area contributed by atoms with Gasteiger partial charge in [0, 0.05) is 12.8 Å². The minimum absolute atomic E-state index is 0.313. The molecular formula is C8H15NO3. The minimum atomic E-state index is -0.377. The molecule has 1 atom stereocenters. The Kier molecular flexibility index (Phi) is 5.12. The topological polar surface area (TPSA) is 47.6 Å². The zero-order valence-corrected chi connectivity index (χ0v) is 7.72. The number of hydrogen-bond acceptors (Lipinski definition) is 4. The van der Waals surface area contributed by atoms with Crippen molar-refractivity contribution in [3.63, 3.8) is 0 Å². The van der Waals surface area contributed by atoms with E-state index in [9.17, 15) is 4.79 Å². The molecule has 0 saturated carbocycles. The Morgan fingerprint density at radius 1 is 1.58 bits per heavy atom. The first-order valence-corrected chi connectivity index (χ1v) is 3.63. The molecule has 0 heterocycles. The van der Waals surface area contributed by atoms with Gasteiger partial charge < -0.3 is 14.8 Å². The number of carbonyl (C=O) groups excluding carboxylic acids is 1. The highest BCUT2D eigenvalue weighted by molar-refractivity contribution is 5.75. The Balaban J connectivity index is 3.75. The maximum Gasteiger partial charge on any atom is 0.327 e. The second kappa shape index (κ2) is 5.60. The van der Waals surface area contributed by atoms with Crippen LogP contribution >= 0.6 is 0 Å². The van der Waals surface area contributed by atoms with Crippen molar-refractivity contribution in [1.82, 2.24) is 5.32 Å². The van der Waals surface area contributed by atoms with Crippen LogP contribution in [0.2, 0.25) is 0 Å². The molecule has 0 spiro atoms. The number of methoxy groups -OCH3 is 2. The number of rotatable bonds is 5. The zero-order valence-electron chi connectivity index (χ0n) is 7.72. The van der Waals surface area contributed by atoms with Crippen molar-refractivity contribution < 1.29 is 14.3 Å². The van der Waals surface area contributed by atoms with Crippen molar-refractivity contribution >= 4 is 5.97 Å². The largest absolute Gasteiger partial charge is 0.467 e. The van der Waals surface area contributed by atoms with E-state index in [4.69, 9.17) is 4.74 Å². The summed E-state index contributed by atoms with van der Waals surface area (Å²) in [4.78, 5) is 10.9. The van der Waals surface area contributed by atoms with Crippen LogP contribution in [0.15, 0.2) is 12.3 Å². The van der Waals surface area contributed by atoms with Gasteiger partial charge in [-0.15, -0.1) is 0 Å². The van der Waals surface area contributed by atoms with Crippen LogP contribution in [-0.4, -0.2) is 32.8 Å². The molecule has 0 bridgehead atoms. The van der Waals surface area contributed by atoms with Crippen LogP contribution in [0.25, 0.3) is 0 Å². The molecule has 70 valence electrons. The number of ether oxygens (including phenoxy) is 2. The molecule has 0 radical (unpaired) electrons. The maximum absolute atomic E-state index is 10.9. The van der Waals surface area contributed by atoms with E-state index < -0.39 is 0 Å². The van der Waals surface area contributed by atoms with Gasteiger partial charge in [0.05, 0.1) is 13.7 Å². The van der Waals surface area contributed by atoms with Crippen molar-refractivity contribution in [1.29, 1.82) is 0 Å². The number of carbonyl (C=O) groups is 1. The SMILES string of the molecule is C=C(COC)NC(C)C(=O)OC. The van der Waals surface area contributed by atoms with E-state index in [0.717, 1.165) is 0 Å². The van der Waals surface area contributed by atoms with Crippen LogP contribution < -0.4 is 5.32 Å². The molecule has 0 rings (SSSR count). The molecule has 4 nitrogen and oxygen atoms in total. The lowest BCUT2D eigenvalue weighted by atomic mass is 10.3. The molecule has 0 saturated heterocycles. The molecule has 0 amide bonds.